The Hall–Kier alpha value is -1.96. The van der Waals surface area contributed by atoms with Crippen LogP contribution in [-0.4, -0.2) is 17.6 Å². The molecular formula is C11H15N3O2. The van der Waals surface area contributed by atoms with E-state index in [0.717, 1.165) is 11.3 Å². The maximum Gasteiger partial charge on any atom is 0.342 e. The van der Waals surface area contributed by atoms with E-state index in [1.807, 2.05) is 13.0 Å². The number of aryl methyl sites for hydroxylation is 1. The van der Waals surface area contributed by atoms with Crippen LogP contribution in [-0.2, 0) is 11.2 Å². The fourth-order valence-electron chi connectivity index (χ4n) is 1.62. The summed E-state index contributed by atoms with van der Waals surface area (Å²) in [6.07, 6.45) is 0.856. The third kappa shape index (κ3) is 2.34. The lowest BCUT2D eigenvalue weighted by Crippen LogP contribution is -2.09. The molecule has 3 N–H and O–H groups in total. The van der Waals surface area contributed by atoms with Crippen LogP contribution in [0.25, 0.3) is 0 Å². The lowest BCUT2D eigenvalue weighted by molar-refractivity contribution is 0.0526. The van der Waals surface area contributed by atoms with E-state index in [9.17, 15) is 4.79 Å². The summed E-state index contributed by atoms with van der Waals surface area (Å²) in [4.78, 5) is 14.5. The number of hydrogen-bond acceptors (Lipinski definition) is 4. The SMILES string of the molecule is CCOC(=O)c1c(N)[nH]c(C)c1CCC#N. The van der Waals surface area contributed by atoms with Crippen molar-refractivity contribution in [3.8, 4) is 6.07 Å². The molecule has 0 amide bonds. The van der Waals surface area contributed by atoms with Crippen LogP contribution >= 0.6 is 0 Å². The second kappa shape index (κ2) is 5.21. The van der Waals surface area contributed by atoms with Gasteiger partial charge in [0.15, 0.2) is 0 Å². The first kappa shape index (κ1) is 12.1. The smallest absolute Gasteiger partial charge is 0.342 e. The highest BCUT2D eigenvalue weighted by Crippen LogP contribution is 2.23. The Balaban J connectivity index is 3.06. The summed E-state index contributed by atoms with van der Waals surface area (Å²) in [7, 11) is 0. The highest BCUT2D eigenvalue weighted by Gasteiger charge is 2.20. The van der Waals surface area contributed by atoms with Crippen LogP contribution in [0.4, 0.5) is 5.82 Å². The van der Waals surface area contributed by atoms with Gasteiger partial charge in [-0.2, -0.15) is 5.26 Å². The molecule has 1 aromatic rings. The minimum atomic E-state index is -0.433. The molecule has 0 bridgehead atoms. The predicted molar refractivity (Wildman–Crippen MR) is 59.8 cm³/mol. The van der Waals surface area contributed by atoms with Crippen LogP contribution in [0.1, 0.15) is 35.0 Å². The fraction of sp³-hybridized carbons (Fsp3) is 0.455. The topological polar surface area (TPSA) is 91.9 Å². The number of ether oxygens (including phenoxy) is 1. The van der Waals surface area contributed by atoms with Gasteiger partial charge in [-0.25, -0.2) is 4.79 Å². The molecule has 0 saturated heterocycles. The Morgan fingerprint density at radius 1 is 1.62 bits per heavy atom. The summed E-state index contributed by atoms with van der Waals surface area (Å²) in [6, 6.07) is 2.04. The zero-order chi connectivity index (χ0) is 12.1. The summed E-state index contributed by atoms with van der Waals surface area (Å²) in [5.74, 6) is -0.124. The van der Waals surface area contributed by atoms with Crippen LogP contribution in [0.3, 0.4) is 0 Å². The second-order valence-corrected chi connectivity index (χ2v) is 3.40. The van der Waals surface area contributed by atoms with Gasteiger partial charge in [0.2, 0.25) is 0 Å². The molecule has 0 saturated carbocycles. The van der Waals surface area contributed by atoms with E-state index in [4.69, 9.17) is 15.7 Å². The van der Waals surface area contributed by atoms with E-state index in [2.05, 4.69) is 4.98 Å². The van der Waals surface area contributed by atoms with Gasteiger partial charge in [-0.3, -0.25) is 0 Å². The van der Waals surface area contributed by atoms with Crippen molar-refractivity contribution in [2.45, 2.75) is 26.7 Å². The summed E-state index contributed by atoms with van der Waals surface area (Å²) < 4.78 is 4.92. The zero-order valence-electron chi connectivity index (χ0n) is 9.46. The van der Waals surface area contributed by atoms with Crippen molar-refractivity contribution in [1.29, 1.82) is 5.26 Å². The number of H-pyrrole nitrogens is 1. The largest absolute Gasteiger partial charge is 0.462 e. The van der Waals surface area contributed by atoms with E-state index in [1.54, 1.807) is 6.92 Å². The highest BCUT2D eigenvalue weighted by atomic mass is 16.5. The third-order valence-electron chi connectivity index (χ3n) is 2.31. The summed E-state index contributed by atoms with van der Waals surface area (Å²) in [5.41, 5.74) is 7.67. The molecule has 5 heteroatoms. The van der Waals surface area contributed by atoms with E-state index in [0.29, 0.717) is 30.8 Å². The number of rotatable bonds is 4. The van der Waals surface area contributed by atoms with Crippen molar-refractivity contribution in [1.82, 2.24) is 4.98 Å². The number of carbonyl (C=O) groups excluding carboxylic acids is 1. The minimum Gasteiger partial charge on any atom is -0.462 e. The van der Waals surface area contributed by atoms with Crippen LogP contribution in [0.15, 0.2) is 0 Å². The number of nitriles is 1. The number of aromatic amines is 1. The maximum atomic E-state index is 11.7. The molecule has 86 valence electrons. The van der Waals surface area contributed by atoms with Crippen molar-refractivity contribution in [3.05, 3.63) is 16.8 Å². The Kier molecular flexibility index (Phi) is 3.95. The van der Waals surface area contributed by atoms with Crippen LogP contribution in [0, 0.1) is 18.3 Å². The average Bonchev–Trinajstić information content (AvgIpc) is 2.50. The van der Waals surface area contributed by atoms with Crippen molar-refractivity contribution < 1.29 is 9.53 Å². The molecule has 0 fully saturated rings. The Morgan fingerprint density at radius 3 is 2.88 bits per heavy atom. The standard InChI is InChI=1S/C11H15N3O2/c1-3-16-11(15)9-8(5-4-6-12)7(2)14-10(9)13/h14H,3-5,13H2,1-2H3. The molecule has 5 nitrogen and oxygen atoms in total. The molecule has 0 aliphatic carbocycles. The van der Waals surface area contributed by atoms with Gasteiger partial charge < -0.3 is 15.5 Å². The van der Waals surface area contributed by atoms with Crippen molar-refractivity contribution in [2.75, 3.05) is 12.3 Å². The normalized spacial score (nSPS) is 9.81. The lowest BCUT2D eigenvalue weighted by Gasteiger charge is -2.04. The fourth-order valence-corrected chi connectivity index (χ4v) is 1.62. The van der Waals surface area contributed by atoms with Crippen molar-refractivity contribution in [3.63, 3.8) is 0 Å². The first-order chi connectivity index (χ1) is 7.61. The van der Waals surface area contributed by atoms with Gasteiger partial charge in [0, 0.05) is 12.1 Å². The number of nitrogens with one attached hydrogen (secondary N) is 1. The van der Waals surface area contributed by atoms with E-state index >= 15 is 0 Å². The first-order valence-corrected chi connectivity index (χ1v) is 5.12. The van der Waals surface area contributed by atoms with Gasteiger partial charge >= 0.3 is 5.97 Å². The number of nitrogen functional groups attached to an aromatic ring is 1. The predicted octanol–water partition coefficient (Wildman–Crippen LogP) is 1.54. The molecule has 0 aromatic carbocycles. The Morgan fingerprint density at radius 2 is 2.31 bits per heavy atom. The van der Waals surface area contributed by atoms with Gasteiger partial charge in [0.1, 0.15) is 11.4 Å². The number of nitrogens with zero attached hydrogens (tertiary/aromatic N) is 1. The van der Waals surface area contributed by atoms with Gasteiger partial charge in [-0.1, -0.05) is 0 Å². The number of esters is 1. The minimum absolute atomic E-state index is 0.306. The van der Waals surface area contributed by atoms with Crippen molar-refractivity contribution >= 4 is 11.8 Å². The monoisotopic (exact) mass is 221 g/mol. The van der Waals surface area contributed by atoms with E-state index in [-0.39, 0.29) is 0 Å². The number of anilines is 1. The summed E-state index contributed by atoms with van der Waals surface area (Å²) in [5, 5.41) is 8.55. The molecule has 0 unspecified atom stereocenters. The van der Waals surface area contributed by atoms with Gasteiger partial charge in [0.05, 0.1) is 12.7 Å². The number of carbonyl (C=O) groups is 1. The van der Waals surface area contributed by atoms with E-state index in [1.165, 1.54) is 0 Å². The van der Waals surface area contributed by atoms with Crippen molar-refractivity contribution in [2.24, 2.45) is 0 Å². The van der Waals surface area contributed by atoms with Crippen LogP contribution in [0.5, 0.6) is 0 Å². The van der Waals surface area contributed by atoms with Crippen LogP contribution < -0.4 is 5.73 Å². The molecule has 1 rings (SSSR count). The van der Waals surface area contributed by atoms with Gasteiger partial charge in [0.25, 0.3) is 0 Å². The van der Waals surface area contributed by atoms with E-state index < -0.39 is 5.97 Å². The number of aromatic nitrogens is 1. The molecule has 0 aliphatic rings. The molecule has 16 heavy (non-hydrogen) atoms. The molecular weight excluding hydrogens is 206 g/mol. The molecule has 0 spiro atoms. The summed E-state index contributed by atoms with van der Waals surface area (Å²) in [6.45, 7) is 3.87. The molecule has 1 heterocycles. The lowest BCUT2D eigenvalue weighted by atomic mass is 10.1. The first-order valence-electron chi connectivity index (χ1n) is 5.12. The van der Waals surface area contributed by atoms with Gasteiger partial charge in [-0.05, 0) is 25.8 Å². The Bertz CT molecular complexity index is 429. The molecule has 0 atom stereocenters. The van der Waals surface area contributed by atoms with Gasteiger partial charge in [-0.15, -0.1) is 0 Å². The third-order valence-corrected chi connectivity index (χ3v) is 2.31. The van der Waals surface area contributed by atoms with Crippen LogP contribution in [0.2, 0.25) is 0 Å². The maximum absolute atomic E-state index is 11.7. The number of nitrogens with two attached hydrogens (primary N) is 1. The molecule has 0 aliphatic heterocycles. The number of hydrogen-bond donors (Lipinski definition) is 2. The quantitative estimate of drug-likeness (QED) is 0.754. The molecule has 0 radical (unpaired) electrons. The average molecular weight is 221 g/mol. The summed E-state index contributed by atoms with van der Waals surface area (Å²) >= 11 is 0. The Labute approximate surface area is 94.2 Å². The highest BCUT2D eigenvalue weighted by molar-refractivity contribution is 5.96. The molecule has 1 aromatic heterocycles. The zero-order valence-corrected chi connectivity index (χ0v) is 9.46. The second-order valence-electron chi connectivity index (χ2n) is 3.40.